The first-order valence-electron chi connectivity index (χ1n) is 4.94. The van der Waals surface area contributed by atoms with Crippen molar-refractivity contribution in [3.63, 3.8) is 0 Å². The fourth-order valence-electron chi connectivity index (χ4n) is 1.62. The first kappa shape index (κ1) is 9.82. The van der Waals surface area contributed by atoms with Crippen molar-refractivity contribution in [1.82, 2.24) is 4.98 Å². The van der Waals surface area contributed by atoms with E-state index in [0.29, 0.717) is 0 Å². The molecule has 3 rings (SSSR count). The number of nitrogens with zero attached hydrogens (tertiary/aromatic N) is 1. The summed E-state index contributed by atoms with van der Waals surface area (Å²) < 4.78 is 1.21. The van der Waals surface area contributed by atoms with Gasteiger partial charge in [0.15, 0.2) is 0 Å². The maximum Gasteiger partial charge on any atom is 0.124 e. The lowest BCUT2D eigenvalue weighted by molar-refractivity contribution is 1.48. The van der Waals surface area contributed by atoms with Crippen LogP contribution in [0, 0.1) is 0 Å². The zero-order valence-corrected chi connectivity index (χ0v) is 9.92. The number of hydrogen-bond donors (Lipinski definition) is 0. The highest BCUT2D eigenvalue weighted by Gasteiger charge is 2.05. The topological polar surface area (TPSA) is 12.9 Å². The molecule has 0 atom stereocenters. The van der Waals surface area contributed by atoms with Gasteiger partial charge < -0.3 is 0 Å². The minimum atomic E-state index is 0.747. The smallest absolute Gasteiger partial charge is 0.124 e. The first-order chi connectivity index (χ1) is 7.83. The molecule has 78 valence electrons. The van der Waals surface area contributed by atoms with Crippen LogP contribution in [-0.2, 0) is 0 Å². The summed E-state index contributed by atoms with van der Waals surface area (Å²) in [6.45, 7) is 0. The molecule has 0 unspecified atom stereocenters. The number of halogens is 1. The lowest BCUT2D eigenvalue weighted by Gasteiger charge is -1.95. The minimum absolute atomic E-state index is 0.747. The van der Waals surface area contributed by atoms with E-state index in [1.165, 1.54) is 4.70 Å². The average Bonchev–Trinajstić information content (AvgIpc) is 2.72. The standard InChI is InChI=1S/C13H8ClNS/c14-10-5-3-4-9(8-10)13-15-11-6-1-2-7-12(11)16-13/h1-8H. The van der Waals surface area contributed by atoms with E-state index in [2.05, 4.69) is 11.1 Å². The molecule has 0 fully saturated rings. The van der Waals surface area contributed by atoms with Gasteiger partial charge in [-0.3, -0.25) is 0 Å². The summed E-state index contributed by atoms with van der Waals surface area (Å²) in [5.74, 6) is 0. The van der Waals surface area contributed by atoms with Crippen molar-refractivity contribution in [3.05, 3.63) is 53.6 Å². The molecule has 0 spiro atoms. The van der Waals surface area contributed by atoms with E-state index in [9.17, 15) is 0 Å². The van der Waals surface area contributed by atoms with Crippen molar-refractivity contribution in [2.24, 2.45) is 0 Å². The molecular weight excluding hydrogens is 238 g/mol. The van der Waals surface area contributed by atoms with Gasteiger partial charge in [0.1, 0.15) is 5.01 Å². The Morgan fingerprint density at radius 1 is 1.00 bits per heavy atom. The van der Waals surface area contributed by atoms with Gasteiger partial charge in [0.25, 0.3) is 0 Å². The molecule has 0 aliphatic carbocycles. The molecule has 1 aromatic heterocycles. The number of fused-ring (bicyclic) bond motifs is 1. The van der Waals surface area contributed by atoms with Crippen LogP contribution < -0.4 is 0 Å². The molecule has 3 heteroatoms. The van der Waals surface area contributed by atoms with E-state index >= 15 is 0 Å². The van der Waals surface area contributed by atoms with Crippen molar-refractivity contribution in [2.75, 3.05) is 0 Å². The second kappa shape index (κ2) is 3.89. The summed E-state index contributed by atoms with van der Waals surface area (Å²) in [4.78, 5) is 4.58. The van der Waals surface area contributed by atoms with Crippen LogP contribution in [0.1, 0.15) is 0 Å². The second-order valence-corrected chi connectivity index (χ2v) is 4.96. The number of hydrogen-bond acceptors (Lipinski definition) is 2. The van der Waals surface area contributed by atoms with Crippen LogP contribution in [0.3, 0.4) is 0 Å². The molecule has 1 nitrogen and oxygen atoms in total. The van der Waals surface area contributed by atoms with Crippen LogP contribution in [0.2, 0.25) is 5.02 Å². The summed E-state index contributed by atoms with van der Waals surface area (Å²) in [5.41, 5.74) is 2.12. The molecule has 0 saturated carbocycles. The number of rotatable bonds is 1. The van der Waals surface area contributed by atoms with Crippen LogP contribution in [0.25, 0.3) is 20.8 Å². The highest BCUT2D eigenvalue weighted by Crippen LogP contribution is 2.30. The normalized spacial score (nSPS) is 10.8. The van der Waals surface area contributed by atoms with Crippen molar-refractivity contribution < 1.29 is 0 Å². The third-order valence-electron chi connectivity index (χ3n) is 2.37. The molecule has 0 aliphatic rings. The molecule has 0 aliphatic heterocycles. The van der Waals surface area contributed by atoms with E-state index in [-0.39, 0.29) is 0 Å². The average molecular weight is 246 g/mol. The van der Waals surface area contributed by atoms with Crippen LogP contribution in [0.5, 0.6) is 0 Å². The monoisotopic (exact) mass is 245 g/mol. The summed E-state index contributed by atoms with van der Waals surface area (Å²) in [6, 6.07) is 15.9. The van der Waals surface area contributed by atoms with Crippen molar-refractivity contribution in [1.29, 1.82) is 0 Å². The number of thiazole rings is 1. The Morgan fingerprint density at radius 2 is 1.88 bits per heavy atom. The van der Waals surface area contributed by atoms with Crippen LogP contribution in [0.4, 0.5) is 0 Å². The maximum absolute atomic E-state index is 5.97. The van der Waals surface area contributed by atoms with E-state index in [1.807, 2.05) is 42.5 Å². The fourth-order valence-corrected chi connectivity index (χ4v) is 2.77. The molecule has 0 saturated heterocycles. The molecule has 16 heavy (non-hydrogen) atoms. The van der Waals surface area contributed by atoms with E-state index in [0.717, 1.165) is 21.1 Å². The van der Waals surface area contributed by atoms with Gasteiger partial charge >= 0.3 is 0 Å². The highest BCUT2D eigenvalue weighted by molar-refractivity contribution is 7.21. The van der Waals surface area contributed by atoms with Gasteiger partial charge in [-0.25, -0.2) is 4.98 Å². The van der Waals surface area contributed by atoms with Crippen LogP contribution in [-0.4, -0.2) is 4.98 Å². The van der Waals surface area contributed by atoms with Crippen molar-refractivity contribution in [2.45, 2.75) is 0 Å². The Balaban J connectivity index is 2.19. The van der Waals surface area contributed by atoms with Crippen molar-refractivity contribution in [3.8, 4) is 10.6 Å². The molecule has 0 bridgehead atoms. The quantitative estimate of drug-likeness (QED) is 0.610. The zero-order valence-electron chi connectivity index (χ0n) is 8.35. The molecule has 2 aromatic carbocycles. The lowest BCUT2D eigenvalue weighted by Crippen LogP contribution is -1.74. The predicted octanol–water partition coefficient (Wildman–Crippen LogP) is 4.62. The van der Waals surface area contributed by atoms with E-state index < -0.39 is 0 Å². The maximum atomic E-state index is 5.97. The summed E-state index contributed by atoms with van der Waals surface area (Å²) in [7, 11) is 0. The molecule has 3 aromatic rings. The van der Waals surface area contributed by atoms with Gasteiger partial charge in [-0.05, 0) is 24.3 Å². The fraction of sp³-hybridized carbons (Fsp3) is 0. The van der Waals surface area contributed by atoms with E-state index in [1.54, 1.807) is 11.3 Å². The van der Waals surface area contributed by atoms with Gasteiger partial charge in [-0.15, -0.1) is 11.3 Å². The Bertz CT molecular complexity index is 612. The third-order valence-corrected chi connectivity index (χ3v) is 3.69. The van der Waals surface area contributed by atoms with Gasteiger partial charge in [-0.2, -0.15) is 0 Å². The van der Waals surface area contributed by atoms with Gasteiger partial charge in [0, 0.05) is 10.6 Å². The van der Waals surface area contributed by atoms with Gasteiger partial charge in [-0.1, -0.05) is 35.9 Å². The number of para-hydroxylation sites is 1. The Hall–Kier alpha value is -1.38. The second-order valence-electron chi connectivity index (χ2n) is 3.50. The van der Waals surface area contributed by atoms with Gasteiger partial charge in [0.05, 0.1) is 10.2 Å². The van der Waals surface area contributed by atoms with Crippen LogP contribution >= 0.6 is 22.9 Å². The molecule has 1 heterocycles. The van der Waals surface area contributed by atoms with E-state index in [4.69, 9.17) is 11.6 Å². The Kier molecular flexibility index (Phi) is 2.39. The molecule has 0 N–H and O–H groups in total. The first-order valence-corrected chi connectivity index (χ1v) is 6.14. The number of benzene rings is 2. The highest BCUT2D eigenvalue weighted by atomic mass is 35.5. The third kappa shape index (κ3) is 1.70. The summed E-state index contributed by atoms with van der Waals surface area (Å²) in [5, 5.41) is 1.76. The molecule has 0 radical (unpaired) electrons. The molecule has 0 amide bonds. The predicted molar refractivity (Wildman–Crippen MR) is 70.1 cm³/mol. The molecular formula is C13H8ClNS. The summed E-state index contributed by atoms with van der Waals surface area (Å²) in [6.07, 6.45) is 0. The van der Waals surface area contributed by atoms with Crippen molar-refractivity contribution >= 4 is 33.2 Å². The van der Waals surface area contributed by atoms with Crippen LogP contribution in [0.15, 0.2) is 48.5 Å². The summed E-state index contributed by atoms with van der Waals surface area (Å²) >= 11 is 7.66. The lowest BCUT2D eigenvalue weighted by atomic mass is 10.2. The van der Waals surface area contributed by atoms with Gasteiger partial charge in [0.2, 0.25) is 0 Å². The SMILES string of the molecule is Clc1cccc(-c2nc3ccccc3s2)c1. The largest absolute Gasteiger partial charge is 0.236 e. The Morgan fingerprint density at radius 3 is 2.69 bits per heavy atom. The zero-order chi connectivity index (χ0) is 11.0. The minimum Gasteiger partial charge on any atom is -0.236 e. The number of aromatic nitrogens is 1. The Labute approximate surface area is 102 Å².